The molecule has 1 spiro atoms. The summed E-state index contributed by atoms with van der Waals surface area (Å²) >= 11 is 5.86. The minimum Gasteiger partial charge on any atom is -0.502 e. The molecule has 7 nitrogen and oxygen atoms in total. The molecule has 9 heteroatoms. The van der Waals surface area contributed by atoms with E-state index in [0.717, 1.165) is 11.1 Å². The molecule has 3 aliphatic rings. The summed E-state index contributed by atoms with van der Waals surface area (Å²) in [6, 6.07) is 11.8. The maximum atomic E-state index is 13.5. The number of fused-ring (bicyclic) bond motifs is 6. The van der Waals surface area contributed by atoms with Crippen molar-refractivity contribution in [3.8, 4) is 5.75 Å². The summed E-state index contributed by atoms with van der Waals surface area (Å²) in [7, 11) is 0. The summed E-state index contributed by atoms with van der Waals surface area (Å²) in [5, 5.41) is 13.9. The molecule has 1 atom stereocenters. The molecule has 0 saturated carbocycles. The zero-order valence-electron chi connectivity index (χ0n) is 17.9. The Labute approximate surface area is 198 Å². The molecule has 0 radical (unpaired) electrons. The summed E-state index contributed by atoms with van der Waals surface area (Å²) < 4.78 is 14.9. The van der Waals surface area contributed by atoms with E-state index in [1.165, 1.54) is 27.7 Å². The first-order valence-corrected chi connectivity index (χ1v) is 11.3. The monoisotopic (exact) mass is 479 g/mol. The van der Waals surface area contributed by atoms with Gasteiger partial charge in [-0.3, -0.25) is 19.0 Å². The molecule has 0 bridgehead atoms. The number of hydrogen-bond donors (Lipinski definition) is 2. The van der Waals surface area contributed by atoms with Crippen LogP contribution < -0.4 is 10.9 Å². The molecule has 1 aliphatic carbocycles. The number of aryl methyl sites for hydroxylation is 1. The zero-order valence-corrected chi connectivity index (χ0v) is 18.7. The summed E-state index contributed by atoms with van der Waals surface area (Å²) in [6.45, 7) is 0.391. The van der Waals surface area contributed by atoms with Crippen molar-refractivity contribution in [2.24, 2.45) is 0 Å². The molecule has 2 aromatic carbocycles. The molecule has 1 unspecified atom stereocenters. The molecule has 0 saturated heterocycles. The van der Waals surface area contributed by atoms with Gasteiger partial charge in [0.25, 0.3) is 17.4 Å². The number of hydrogen-bond acceptors (Lipinski definition) is 4. The number of rotatable bonds is 2. The van der Waals surface area contributed by atoms with Crippen LogP contribution >= 0.6 is 11.6 Å². The maximum absolute atomic E-state index is 13.5. The van der Waals surface area contributed by atoms with Gasteiger partial charge < -0.3 is 15.3 Å². The van der Waals surface area contributed by atoms with Gasteiger partial charge in [-0.25, -0.2) is 4.39 Å². The highest BCUT2D eigenvalue weighted by molar-refractivity contribution is 6.30. The molecule has 34 heavy (non-hydrogen) atoms. The lowest BCUT2D eigenvalue weighted by molar-refractivity contribution is 0.0721. The summed E-state index contributed by atoms with van der Waals surface area (Å²) in [5.74, 6) is -2.21. The van der Waals surface area contributed by atoms with Crippen LogP contribution in [0.3, 0.4) is 0 Å². The van der Waals surface area contributed by atoms with Gasteiger partial charge in [-0.1, -0.05) is 41.9 Å². The van der Waals surface area contributed by atoms with E-state index in [1.807, 2.05) is 24.3 Å². The van der Waals surface area contributed by atoms with Crippen molar-refractivity contribution in [2.45, 2.75) is 31.5 Å². The molecule has 2 N–H and O–H groups in total. The zero-order chi connectivity index (χ0) is 23.8. The van der Waals surface area contributed by atoms with E-state index in [-0.39, 0.29) is 35.8 Å². The SMILES string of the molecule is O=C1NC2(CCc3ccccc32)n2c1c1c(c(O)c2=O)C(=O)N(Cc2ccc(F)c(Cl)c2)CC1. The number of nitrogens with one attached hydrogen (secondary N) is 1. The minimum absolute atomic E-state index is 0.0555. The van der Waals surface area contributed by atoms with Gasteiger partial charge in [-0.2, -0.15) is 0 Å². The smallest absolute Gasteiger partial charge is 0.296 e. The van der Waals surface area contributed by atoms with Crippen LogP contribution in [-0.4, -0.2) is 32.9 Å². The van der Waals surface area contributed by atoms with Crippen molar-refractivity contribution in [1.29, 1.82) is 0 Å². The van der Waals surface area contributed by atoms with Gasteiger partial charge in [0.05, 0.1) is 10.6 Å². The highest BCUT2D eigenvalue weighted by atomic mass is 35.5. The van der Waals surface area contributed by atoms with Gasteiger partial charge in [0.15, 0.2) is 5.75 Å². The molecule has 3 aromatic rings. The Morgan fingerprint density at radius 2 is 1.91 bits per heavy atom. The molecule has 172 valence electrons. The Kier molecular flexibility index (Phi) is 4.41. The number of carbonyl (C=O) groups excluding carboxylic acids is 2. The van der Waals surface area contributed by atoms with Crippen LogP contribution in [-0.2, 0) is 25.0 Å². The van der Waals surface area contributed by atoms with E-state index in [9.17, 15) is 23.9 Å². The predicted octanol–water partition coefficient (Wildman–Crippen LogP) is 2.94. The van der Waals surface area contributed by atoms with Crippen LogP contribution in [0.2, 0.25) is 5.02 Å². The lowest BCUT2D eigenvalue weighted by Gasteiger charge is -2.32. The average molecular weight is 480 g/mol. The molecular weight excluding hydrogens is 461 g/mol. The van der Waals surface area contributed by atoms with E-state index in [1.54, 1.807) is 0 Å². The van der Waals surface area contributed by atoms with Crippen LogP contribution in [0.1, 0.15) is 49.5 Å². The van der Waals surface area contributed by atoms with Crippen LogP contribution in [0.4, 0.5) is 4.39 Å². The Morgan fingerprint density at radius 3 is 2.71 bits per heavy atom. The molecule has 1 aromatic heterocycles. The first-order chi connectivity index (χ1) is 16.3. The number of pyridine rings is 1. The van der Waals surface area contributed by atoms with Crippen molar-refractivity contribution in [1.82, 2.24) is 14.8 Å². The number of amides is 2. The van der Waals surface area contributed by atoms with Crippen molar-refractivity contribution in [2.75, 3.05) is 6.54 Å². The van der Waals surface area contributed by atoms with E-state index < -0.39 is 34.6 Å². The molecule has 2 aliphatic heterocycles. The predicted molar refractivity (Wildman–Crippen MR) is 122 cm³/mol. The number of nitrogens with zero attached hydrogens (tertiary/aromatic N) is 2. The first-order valence-electron chi connectivity index (χ1n) is 11.0. The van der Waals surface area contributed by atoms with E-state index in [0.29, 0.717) is 24.0 Å². The summed E-state index contributed by atoms with van der Waals surface area (Å²) in [4.78, 5) is 41.4. The second-order valence-electron chi connectivity index (χ2n) is 8.89. The van der Waals surface area contributed by atoms with Gasteiger partial charge in [0, 0.05) is 24.2 Å². The van der Waals surface area contributed by atoms with E-state index in [4.69, 9.17) is 11.6 Å². The molecule has 6 rings (SSSR count). The summed E-state index contributed by atoms with van der Waals surface area (Å²) in [6.07, 6.45) is 1.44. The van der Waals surface area contributed by atoms with Gasteiger partial charge in [0.2, 0.25) is 0 Å². The van der Waals surface area contributed by atoms with Gasteiger partial charge in [-0.05, 0) is 42.5 Å². The fourth-order valence-electron chi connectivity index (χ4n) is 5.56. The van der Waals surface area contributed by atoms with Gasteiger partial charge in [0.1, 0.15) is 17.2 Å². The minimum atomic E-state index is -1.07. The quantitative estimate of drug-likeness (QED) is 0.591. The lowest BCUT2D eigenvalue weighted by atomic mass is 9.95. The van der Waals surface area contributed by atoms with Crippen LogP contribution in [0.25, 0.3) is 0 Å². The fourth-order valence-corrected chi connectivity index (χ4v) is 5.76. The Balaban J connectivity index is 1.46. The Bertz CT molecular complexity index is 1480. The Hall–Kier alpha value is -3.65. The fraction of sp³-hybridized carbons (Fsp3) is 0.240. The first kappa shape index (κ1) is 20.9. The lowest BCUT2D eigenvalue weighted by Crippen LogP contribution is -2.47. The number of halogens is 2. The van der Waals surface area contributed by atoms with Crippen molar-refractivity contribution < 1.29 is 19.1 Å². The molecular formula is C25H19ClFN3O4. The second-order valence-corrected chi connectivity index (χ2v) is 9.30. The average Bonchev–Trinajstić information content (AvgIpc) is 3.33. The molecule has 0 fully saturated rings. The standard InChI is InChI=1S/C25H19ClFN3O4/c26-17-11-13(5-6-18(17)27)12-29-10-8-15-19(23(29)33)21(31)24(34)30-20(15)22(32)28-25(30)9-7-14-3-1-2-4-16(14)25/h1-6,11,31H,7-10,12H2,(H,28,32). The molecule has 3 heterocycles. The van der Waals surface area contributed by atoms with E-state index >= 15 is 0 Å². The third kappa shape index (κ3) is 2.72. The maximum Gasteiger partial charge on any atom is 0.296 e. The number of benzene rings is 2. The van der Waals surface area contributed by atoms with E-state index in [2.05, 4.69) is 5.32 Å². The largest absolute Gasteiger partial charge is 0.502 e. The molecule has 2 amide bonds. The Morgan fingerprint density at radius 1 is 1.12 bits per heavy atom. The third-order valence-corrected chi connectivity index (χ3v) is 7.37. The second kappa shape index (κ2) is 7.17. The van der Waals surface area contributed by atoms with Crippen LogP contribution in [0, 0.1) is 5.82 Å². The van der Waals surface area contributed by atoms with Crippen LogP contribution in [0.15, 0.2) is 47.3 Å². The number of carbonyl (C=O) groups is 2. The summed E-state index contributed by atoms with van der Waals surface area (Å²) in [5.41, 5.74) is 0.970. The number of aromatic nitrogens is 1. The topological polar surface area (TPSA) is 91.6 Å². The number of aromatic hydroxyl groups is 1. The van der Waals surface area contributed by atoms with Gasteiger partial charge >= 0.3 is 0 Å². The highest BCUT2D eigenvalue weighted by Gasteiger charge is 2.51. The highest BCUT2D eigenvalue weighted by Crippen LogP contribution is 2.43. The van der Waals surface area contributed by atoms with Crippen LogP contribution in [0.5, 0.6) is 5.75 Å². The van der Waals surface area contributed by atoms with Crippen molar-refractivity contribution in [3.63, 3.8) is 0 Å². The van der Waals surface area contributed by atoms with Crippen molar-refractivity contribution >= 4 is 23.4 Å². The third-order valence-electron chi connectivity index (χ3n) is 7.08. The normalized spacial score (nSPS) is 20.4. The van der Waals surface area contributed by atoms with Crippen molar-refractivity contribution in [3.05, 3.63) is 97.2 Å². The van der Waals surface area contributed by atoms with Gasteiger partial charge in [-0.15, -0.1) is 0 Å².